The Morgan fingerprint density at radius 3 is 3.06 bits per heavy atom. The smallest absolute Gasteiger partial charge is 0.228 e. The maximum Gasteiger partial charge on any atom is 0.228 e. The van der Waals surface area contributed by atoms with Gasteiger partial charge in [0.1, 0.15) is 6.10 Å². The van der Waals surface area contributed by atoms with Crippen molar-refractivity contribution in [3.05, 3.63) is 11.7 Å². The summed E-state index contributed by atoms with van der Waals surface area (Å²) in [5.41, 5.74) is 6.04. The predicted molar refractivity (Wildman–Crippen MR) is 64.7 cm³/mol. The van der Waals surface area contributed by atoms with Crippen LogP contribution in [0.3, 0.4) is 0 Å². The van der Waals surface area contributed by atoms with Gasteiger partial charge in [-0.05, 0) is 18.8 Å². The van der Waals surface area contributed by atoms with Crippen LogP contribution >= 0.6 is 11.8 Å². The van der Waals surface area contributed by atoms with Gasteiger partial charge >= 0.3 is 0 Å². The molecule has 2 fully saturated rings. The van der Waals surface area contributed by atoms with Crippen LogP contribution in [0.15, 0.2) is 4.52 Å². The fraction of sp³-hybridized carbons (Fsp3) is 0.818. The summed E-state index contributed by atoms with van der Waals surface area (Å²) in [6.07, 6.45) is 3.16. The molecule has 17 heavy (non-hydrogen) atoms. The Labute approximate surface area is 104 Å². The molecule has 1 aliphatic carbocycles. The second kappa shape index (κ2) is 4.96. The zero-order valence-electron chi connectivity index (χ0n) is 9.67. The second-order valence-corrected chi connectivity index (χ2v) is 5.84. The third-order valence-corrected chi connectivity index (χ3v) is 4.22. The first-order chi connectivity index (χ1) is 8.33. The summed E-state index contributed by atoms with van der Waals surface area (Å²) in [6, 6.07) is 0.171. The van der Waals surface area contributed by atoms with Crippen LogP contribution in [0.2, 0.25) is 0 Å². The van der Waals surface area contributed by atoms with Gasteiger partial charge in [0.15, 0.2) is 0 Å². The van der Waals surface area contributed by atoms with Crippen LogP contribution in [0.4, 0.5) is 0 Å². The van der Waals surface area contributed by atoms with Gasteiger partial charge in [0, 0.05) is 24.0 Å². The average Bonchev–Trinajstić information content (AvgIpc) is 3.12. The fourth-order valence-electron chi connectivity index (χ4n) is 2.01. The highest BCUT2D eigenvalue weighted by atomic mass is 32.2. The Morgan fingerprint density at radius 1 is 1.47 bits per heavy atom. The molecule has 2 unspecified atom stereocenters. The minimum Gasteiger partial charge on any atom is -0.368 e. The lowest BCUT2D eigenvalue weighted by atomic mass is 10.1. The number of rotatable bonds is 4. The van der Waals surface area contributed by atoms with Crippen LogP contribution in [-0.4, -0.2) is 34.3 Å². The van der Waals surface area contributed by atoms with E-state index in [1.165, 1.54) is 12.8 Å². The maximum atomic E-state index is 6.04. The van der Waals surface area contributed by atoms with Crippen molar-refractivity contribution < 1.29 is 9.26 Å². The Hall–Kier alpha value is -0.590. The van der Waals surface area contributed by atoms with E-state index in [0.717, 1.165) is 18.1 Å². The summed E-state index contributed by atoms with van der Waals surface area (Å²) in [5, 5.41) is 3.99. The molecule has 0 spiro atoms. The van der Waals surface area contributed by atoms with Gasteiger partial charge < -0.3 is 15.0 Å². The molecule has 2 heterocycles. The molecule has 94 valence electrons. The monoisotopic (exact) mass is 255 g/mol. The molecule has 5 nitrogen and oxygen atoms in total. The van der Waals surface area contributed by atoms with Crippen LogP contribution in [0, 0.1) is 5.92 Å². The standard InChI is InChI=1S/C11H17N3O2S/c12-8(7-1-2-7)5-10-13-11(14-16-10)9-6-17-4-3-15-9/h7-9H,1-6,12H2. The predicted octanol–water partition coefficient (Wildman–Crippen LogP) is 1.15. The Kier molecular flexibility index (Phi) is 3.35. The van der Waals surface area contributed by atoms with E-state index >= 15 is 0 Å². The van der Waals surface area contributed by atoms with Crippen molar-refractivity contribution in [1.82, 2.24) is 10.1 Å². The van der Waals surface area contributed by atoms with E-state index in [2.05, 4.69) is 10.1 Å². The number of nitrogens with two attached hydrogens (primary N) is 1. The summed E-state index contributed by atoms with van der Waals surface area (Å²) in [6.45, 7) is 0.765. The van der Waals surface area contributed by atoms with Gasteiger partial charge in [-0.2, -0.15) is 16.7 Å². The molecule has 2 N–H and O–H groups in total. The number of aromatic nitrogens is 2. The Balaban J connectivity index is 1.60. The lowest BCUT2D eigenvalue weighted by molar-refractivity contribution is 0.0677. The number of hydrogen-bond acceptors (Lipinski definition) is 6. The van der Waals surface area contributed by atoms with Gasteiger partial charge in [0.05, 0.1) is 6.61 Å². The zero-order valence-corrected chi connectivity index (χ0v) is 10.5. The summed E-state index contributed by atoms with van der Waals surface area (Å²) in [7, 11) is 0. The third kappa shape index (κ3) is 2.81. The second-order valence-electron chi connectivity index (χ2n) is 4.69. The SMILES string of the molecule is NC(Cc1nc(C2CSCCO2)no1)C1CC1. The average molecular weight is 255 g/mol. The molecular formula is C11H17N3O2S. The van der Waals surface area contributed by atoms with Gasteiger partial charge in [-0.3, -0.25) is 0 Å². The molecule has 0 bridgehead atoms. The minimum atomic E-state index is -0.0107. The van der Waals surface area contributed by atoms with E-state index in [4.69, 9.17) is 15.0 Å². The molecule has 2 aliphatic rings. The summed E-state index contributed by atoms with van der Waals surface area (Å²) in [4.78, 5) is 4.39. The Bertz CT molecular complexity index is 375. The van der Waals surface area contributed by atoms with Crippen LogP contribution in [-0.2, 0) is 11.2 Å². The number of hydrogen-bond donors (Lipinski definition) is 1. The van der Waals surface area contributed by atoms with E-state index < -0.39 is 0 Å². The molecule has 6 heteroatoms. The zero-order chi connectivity index (χ0) is 11.7. The van der Waals surface area contributed by atoms with Gasteiger partial charge in [0.25, 0.3) is 0 Å². The van der Waals surface area contributed by atoms with Gasteiger partial charge in [0.2, 0.25) is 11.7 Å². The van der Waals surface area contributed by atoms with E-state index in [1.807, 2.05) is 11.8 Å². The first-order valence-electron chi connectivity index (χ1n) is 6.10. The number of ether oxygens (including phenoxy) is 1. The van der Waals surface area contributed by atoms with Crippen molar-refractivity contribution in [2.45, 2.75) is 31.4 Å². The van der Waals surface area contributed by atoms with Crippen LogP contribution in [0.25, 0.3) is 0 Å². The van der Waals surface area contributed by atoms with E-state index in [-0.39, 0.29) is 12.1 Å². The topological polar surface area (TPSA) is 74.2 Å². The minimum absolute atomic E-state index is 0.0107. The molecule has 1 saturated heterocycles. The normalized spacial score (nSPS) is 27.0. The molecule has 1 aromatic heterocycles. The van der Waals surface area contributed by atoms with Crippen molar-refractivity contribution >= 4 is 11.8 Å². The van der Waals surface area contributed by atoms with Crippen LogP contribution < -0.4 is 5.73 Å². The molecule has 0 radical (unpaired) electrons. The molecule has 1 aromatic rings. The molecule has 1 aliphatic heterocycles. The summed E-state index contributed by atoms with van der Waals surface area (Å²) < 4.78 is 10.8. The van der Waals surface area contributed by atoms with Crippen molar-refractivity contribution in [3.8, 4) is 0 Å². The largest absolute Gasteiger partial charge is 0.368 e. The van der Waals surface area contributed by atoms with Crippen LogP contribution in [0.5, 0.6) is 0 Å². The summed E-state index contributed by atoms with van der Waals surface area (Å²) in [5.74, 6) is 3.95. The van der Waals surface area contributed by atoms with Crippen LogP contribution in [0.1, 0.15) is 30.7 Å². The van der Waals surface area contributed by atoms with E-state index in [0.29, 0.717) is 24.1 Å². The fourth-order valence-corrected chi connectivity index (χ4v) is 2.85. The molecule has 3 rings (SSSR count). The molecule has 2 atom stereocenters. The van der Waals surface area contributed by atoms with Crippen molar-refractivity contribution in [2.24, 2.45) is 11.7 Å². The maximum absolute atomic E-state index is 6.04. The number of thioether (sulfide) groups is 1. The molecule has 0 amide bonds. The first-order valence-corrected chi connectivity index (χ1v) is 7.26. The van der Waals surface area contributed by atoms with Crippen molar-refractivity contribution in [2.75, 3.05) is 18.1 Å². The molecule has 1 saturated carbocycles. The number of nitrogens with zero attached hydrogens (tertiary/aromatic N) is 2. The first kappa shape index (κ1) is 11.5. The molecule has 0 aromatic carbocycles. The van der Waals surface area contributed by atoms with Gasteiger partial charge in [-0.15, -0.1) is 0 Å². The van der Waals surface area contributed by atoms with Crippen molar-refractivity contribution in [1.29, 1.82) is 0 Å². The van der Waals surface area contributed by atoms with E-state index in [9.17, 15) is 0 Å². The lowest BCUT2D eigenvalue weighted by Gasteiger charge is -2.18. The lowest BCUT2D eigenvalue weighted by Crippen LogP contribution is -2.25. The van der Waals surface area contributed by atoms with Gasteiger partial charge in [-0.25, -0.2) is 0 Å². The van der Waals surface area contributed by atoms with E-state index in [1.54, 1.807) is 0 Å². The highest BCUT2D eigenvalue weighted by Crippen LogP contribution is 2.33. The molecular weight excluding hydrogens is 238 g/mol. The summed E-state index contributed by atoms with van der Waals surface area (Å²) >= 11 is 1.86. The quantitative estimate of drug-likeness (QED) is 0.870. The Morgan fingerprint density at radius 2 is 2.35 bits per heavy atom. The highest BCUT2D eigenvalue weighted by Gasteiger charge is 2.30. The van der Waals surface area contributed by atoms with Crippen molar-refractivity contribution in [3.63, 3.8) is 0 Å². The highest BCUT2D eigenvalue weighted by molar-refractivity contribution is 7.99. The van der Waals surface area contributed by atoms with Gasteiger partial charge in [-0.1, -0.05) is 5.16 Å². The third-order valence-electron chi connectivity index (χ3n) is 3.23.